The van der Waals surface area contributed by atoms with Crippen LogP contribution in [0.4, 0.5) is 0 Å². The summed E-state index contributed by atoms with van der Waals surface area (Å²) in [5.41, 5.74) is 6.90. The molecule has 2 N–H and O–H groups in total. The Morgan fingerprint density at radius 1 is 1.25 bits per heavy atom. The van der Waals surface area contributed by atoms with Gasteiger partial charge in [0.1, 0.15) is 5.84 Å². The summed E-state index contributed by atoms with van der Waals surface area (Å²) in [6.07, 6.45) is 1.78. The van der Waals surface area contributed by atoms with Crippen LogP contribution in [0, 0.1) is 0 Å². The smallest absolute Gasteiger partial charge is 0.125 e. The van der Waals surface area contributed by atoms with Crippen LogP contribution in [0.5, 0.6) is 0 Å². The van der Waals surface area contributed by atoms with Gasteiger partial charge in [-0.1, -0.05) is 30.3 Å². The van der Waals surface area contributed by atoms with Crippen molar-refractivity contribution in [2.24, 2.45) is 10.7 Å². The van der Waals surface area contributed by atoms with Crippen molar-refractivity contribution in [3.05, 3.63) is 35.9 Å². The fraction of sp³-hybridized carbons (Fsp3) is 0.417. The van der Waals surface area contributed by atoms with Gasteiger partial charge in [0, 0.05) is 27.9 Å². The summed E-state index contributed by atoms with van der Waals surface area (Å²) in [5, 5.41) is 0. The predicted molar refractivity (Wildman–Crippen MR) is 68.1 cm³/mol. The summed E-state index contributed by atoms with van der Waals surface area (Å²) in [4.78, 5) is 4.50. The second-order valence-corrected chi connectivity index (χ2v) is 5.66. The van der Waals surface area contributed by atoms with E-state index in [1.54, 1.807) is 0 Å². The molecule has 0 aromatic heterocycles. The zero-order valence-electron chi connectivity index (χ0n) is 9.13. The maximum Gasteiger partial charge on any atom is 0.125 e. The van der Waals surface area contributed by atoms with E-state index in [0.717, 1.165) is 29.9 Å². The third-order valence-electron chi connectivity index (χ3n) is 2.75. The number of rotatable bonds is 2. The van der Waals surface area contributed by atoms with E-state index >= 15 is 0 Å². The standard InChI is InChI=1S/C12H16N2OS/c13-12(10-4-2-1-3-5-10)14-11-6-8-16(15)9-7-11/h1-5,11H,6-9H2,(H2,13,14). The van der Waals surface area contributed by atoms with E-state index in [-0.39, 0.29) is 6.04 Å². The van der Waals surface area contributed by atoms with Crippen molar-refractivity contribution in [1.29, 1.82) is 0 Å². The zero-order chi connectivity index (χ0) is 11.4. The Hall–Kier alpha value is -1.16. The fourth-order valence-corrected chi connectivity index (χ4v) is 3.06. The Balaban J connectivity index is 2.04. The zero-order valence-corrected chi connectivity index (χ0v) is 9.95. The number of nitrogens with zero attached hydrogens (tertiary/aromatic N) is 1. The van der Waals surface area contributed by atoms with E-state index in [2.05, 4.69) is 4.99 Å². The normalized spacial score (nSPS) is 26.6. The van der Waals surface area contributed by atoms with Gasteiger partial charge in [0.25, 0.3) is 0 Å². The van der Waals surface area contributed by atoms with E-state index < -0.39 is 10.8 Å². The van der Waals surface area contributed by atoms with Crippen LogP contribution in [-0.4, -0.2) is 27.6 Å². The topological polar surface area (TPSA) is 55.4 Å². The molecule has 1 aromatic carbocycles. The number of amidine groups is 1. The maximum absolute atomic E-state index is 11.2. The van der Waals surface area contributed by atoms with Gasteiger partial charge in [0.2, 0.25) is 0 Å². The Labute approximate surface area is 98.2 Å². The van der Waals surface area contributed by atoms with Gasteiger partial charge < -0.3 is 5.73 Å². The van der Waals surface area contributed by atoms with Gasteiger partial charge >= 0.3 is 0 Å². The molecule has 3 nitrogen and oxygen atoms in total. The van der Waals surface area contributed by atoms with E-state index in [9.17, 15) is 4.21 Å². The average molecular weight is 236 g/mol. The van der Waals surface area contributed by atoms with Crippen LogP contribution < -0.4 is 5.73 Å². The molecular formula is C12H16N2OS. The van der Waals surface area contributed by atoms with Crippen LogP contribution in [-0.2, 0) is 10.8 Å². The molecule has 2 rings (SSSR count). The molecule has 1 aliphatic heterocycles. The molecular weight excluding hydrogens is 220 g/mol. The van der Waals surface area contributed by atoms with Crippen LogP contribution in [0.15, 0.2) is 35.3 Å². The number of hydrogen-bond acceptors (Lipinski definition) is 2. The quantitative estimate of drug-likeness (QED) is 0.621. The van der Waals surface area contributed by atoms with Crippen LogP contribution in [0.1, 0.15) is 18.4 Å². The Kier molecular flexibility index (Phi) is 3.72. The third-order valence-corrected chi connectivity index (χ3v) is 4.13. The summed E-state index contributed by atoms with van der Waals surface area (Å²) in [6, 6.07) is 10.0. The minimum atomic E-state index is -0.630. The monoisotopic (exact) mass is 236 g/mol. The second kappa shape index (κ2) is 5.25. The highest BCUT2D eigenvalue weighted by Crippen LogP contribution is 2.13. The minimum absolute atomic E-state index is 0.248. The Bertz CT molecular complexity index is 393. The molecule has 1 aliphatic rings. The molecule has 1 aromatic rings. The highest BCUT2D eigenvalue weighted by Gasteiger charge is 2.17. The van der Waals surface area contributed by atoms with Gasteiger partial charge in [-0.05, 0) is 12.8 Å². The molecule has 16 heavy (non-hydrogen) atoms. The summed E-state index contributed by atoms with van der Waals surface area (Å²) in [6.45, 7) is 0. The van der Waals surface area contributed by atoms with Crippen molar-refractivity contribution >= 4 is 16.6 Å². The fourth-order valence-electron chi connectivity index (χ4n) is 1.79. The van der Waals surface area contributed by atoms with Gasteiger partial charge in [-0.2, -0.15) is 0 Å². The molecule has 1 fully saturated rings. The summed E-state index contributed by atoms with van der Waals surface area (Å²) >= 11 is 0. The van der Waals surface area contributed by atoms with Crippen LogP contribution in [0.3, 0.4) is 0 Å². The van der Waals surface area contributed by atoms with Crippen molar-refractivity contribution in [2.75, 3.05) is 11.5 Å². The molecule has 0 bridgehead atoms. The lowest BCUT2D eigenvalue weighted by Gasteiger charge is -2.18. The molecule has 0 spiro atoms. The molecule has 4 heteroatoms. The van der Waals surface area contributed by atoms with Gasteiger partial charge in [0.05, 0.1) is 6.04 Å². The van der Waals surface area contributed by atoms with Crippen LogP contribution >= 0.6 is 0 Å². The second-order valence-electron chi connectivity index (χ2n) is 3.96. The molecule has 1 saturated heterocycles. The SMILES string of the molecule is NC(=NC1CCS(=O)CC1)c1ccccc1. The Morgan fingerprint density at radius 2 is 1.88 bits per heavy atom. The van der Waals surface area contributed by atoms with E-state index in [0.29, 0.717) is 5.84 Å². The molecule has 0 saturated carbocycles. The number of nitrogens with two attached hydrogens (primary N) is 1. The highest BCUT2D eigenvalue weighted by molar-refractivity contribution is 7.85. The van der Waals surface area contributed by atoms with Crippen molar-refractivity contribution in [3.63, 3.8) is 0 Å². The first-order chi connectivity index (χ1) is 7.75. The third kappa shape index (κ3) is 2.92. The molecule has 1 heterocycles. The van der Waals surface area contributed by atoms with Crippen molar-refractivity contribution < 1.29 is 4.21 Å². The summed E-state index contributed by atoms with van der Waals surface area (Å²) in [5.74, 6) is 2.12. The molecule has 0 aliphatic carbocycles. The average Bonchev–Trinajstić information content (AvgIpc) is 2.33. The van der Waals surface area contributed by atoms with Gasteiger partial charge in [0.15, 0.2) is 0 Å². The van der Waals surface area contributed by atoms with Gasteiger partial charge in [-0.25, -0.2) is 0 Å². The molecule has 0 unspecified atom stereocenters. The number of hydrogen-bond donors (Lipinski definition) is 1. The lowest BCUT2D eigenvalue weighted by molar-refractivity contribution is 0.599. The minimum Gasteiger partial charge on any atom is -0.383 e. The Morgan fingerprint density at radius 3 is 2.50 bits per heavy atom. The summed E-state index contributed by atoms with van der Waals surface area (Å²) in [7, 11) is -0.630. The van der Waals surface area contributed by atoms with E-state index in [4.69, 9.17) is 5.73 Å². The number of aliphatic imine (C=N–C) groups is 1. The van der Waals surface area contributed by atoms with Crippen LogP contribution in [0.2, 0.25) is 0 Å². The van der Waals surface area contributed by atoms with E-state index in [1.807, 2.05) is 30.3 Å². The lowest BCUT2D eigenvalue weighted by atomic mass is 10.1. The highest BCUT2D eigenvalue weighted by atomic mass is 32.2. The maximum atomic E-state index is 11.2. The van der Waals surface area contributed by atoms with Gasteiger partial charge in [-0.3, -0.25) is 9.20 Å². The first-order valence-corrected chi connectivity index (χ1v) is 6.98. The first-order valence-electron chi connectivity index (χ1n) is 5.49. The molecule has 0 atom stereocenters. The van der Waals surface area contributed by atoms with Crippen molar-refractivity contribution in [2.45, 2.75) is 18.9 Å². The van der Waals surface area contributed by atoms with E-state index in [1.165, 1.54) is 0 Å². The van der Waals surface area contributed by atoms with Crippen molar-refractivity contribution in [3.8, 4) is 0 Å². The summed E-state index contributed by atoms with van der Waals surface area (Å²) < 4.78 is 11.2. The number of benzene rings is 1. The molecule has 86 valence electrons. The van der Waals surface area contributed by atoms with Crippen molar-refractivity contribution in [1.82, 2.24) is 0 Å². The first kappa shape index (κ1) is 11.3. The largest absolute Gasteiger partial charge is 0.383 e. The molecule has 0 radical (unpaired) electrons. The predicted octanol–water partition coefficient (Wildman–Crippen LogP) is 1.30. The lowest BCUT2D eigenvalue weighted by Crippen LogP contribution is -2.25. The van der Waals surface area contributed by atoms with Gasteiger partial charge in [-0.15, -0.1) is 0 Å². The van der Waals surface area contributed by atoms with Crippen LogP contribution in [0.25, 0.3) is 0 Å². The molecule has 0 amide bonds.